The van der Waals surface area contributed by atoms with Crippen LogP contribution in [0.4, 0.5) is 0 Å². The number of nitrogens with zero attached hydrogens (tertiary/aromatic N) is 4. The van der Waals surface area contributed by atoms with Gasteiger partial charge in [-0.1, -0.05) is 19.6 Å². The van der Waals surface area contributed by atoms with Crippen LogP contribution in [0, 0.1) is 0 Å². The minimum absolute atomic E-state index is 0.389. The van der Waals surface area contributed by atoms with Crippen LogP contribution in [0.15, 0.2) is 0 Å². The van der Waals surface area contributed by atoms with E-state index in [4.69, 9.17) is 0 Å². The summed E-state index contributed by atoms with van der Waals surface area (Å²) < 4.78 is 2.70. The Kier molecular flexibility index (Phi) is 7.30. The number of hydrogen-bond donors (Lipinski definition) is 0. The summed E-state index contributed by atoms with van der Waals surface area (Å²) in [6, 6.07) is 2.18. The fourth-order valence-corrected chi connectivity index (χ4v) is 5.03. The van der Waals surface area contributed by atoms with E-state index in [0.717, 1.165) is 13.1 Å². The normalized spacial score (nSPS) is 30.3. The van der Waals surface area contributed by atoms with E-state index in [1.165, 1.54) is 0 Å². The second-order valence-corrected chi connectivity index (χ2v) is 14.2. The van der Waals surface area contributed by atoms with Crippen LogP contribution in [0.2, 0.25) is 19.6 Å². The summed E-state index contributed by atoms with van der Waals surface area (Å²) in [4.78, 5) is 7.99. The SMILES string of the molecule is CC(C)N1C(C)CN(C)CC(C)N(C(C)C)C1N(C)[Si](C)(C)C. The van der Waals surface area contributed by atoms with E-state index in [1.54, 1.807) is 0 Å². The van der Waals surface area contributed by atoms with Crippen molar-refractivity contribution in [3.63, 3.8) is 0 Å². The Hall–Kier alpha value is 0.0569. The Morgan fingerprint density at radius 3 is 1.48 bits per heavy atom. The zero-order chi connectivity index (χ0) is 18.1. The van der Waals surface area contributed by atoms with Crippen molar-refractivity contribution in [1.29, 1.82) is 0 Å². The minimum atomic E-state index is -1.40. The predicted octanol–water partition coefficient (Wildman–Crippen LogP) is 3.18. The monoisotopic (exact) mass is 342 g/mol. The predicted molar refractivity (Wildman–Crippen MR) is 105 cm³/mol. The fourth-order valence-electron chi connectivity index (χ4n) is 4.07. The van der Waals surface area contributed by atoms with Crippen LogP contribution in [0.1, 0.15) is 41.5 Å². The largest absolute Gasteiger partial charge is 0.303 e. The Balaban J connectivity index is 3.39. The lowest BCUT2D eigenvalue weighted by Crippen LogP contribution is -2.71. The Bertz CT molecular complexity index is 343. The van der Waals surface area contributed by atoms with Crippen molar-refractivity contribution in [3.8, 4) is 0 Å². The van der Waals surface area contributed by atoms with Crippen LogP contribution in [-0.4, -0.2) is 85.1 Å². The summed E-state index contributed by atoms with van der Waals surface area (Å²) >= 11 is 0. The Morgan fingerprint density at radius 2 is 1.22 bits per heavy atom. The summed E-state index contributed by atoms with van der Waals surface area (Å²) in [6.45, 7) is 23.9. The summed E-state index contributed by atoms with van der Waals surface area (Å²) in [5.74, 6) is 0. The van der Waals surface area contributed by atoms with Crippen molar-refractivity contribution in [2.45, 2.75) is 91.6 Å². The van der Waals surface area contributed by atoms with E-state index in [2.05, 4.69) is 94.5 Å². The standard InChI is InChI=1S/C18H42N4Si/c1-14(2)21-16(5)12-19(7)13-17(6)22(15(3)4)18(21)20(8)23(9,10)11/h14-18H,12-13H2,1-11H3. The van der Waals surface area contributed by atoms with Crippen molar-refractivity contribution in [2.24, 2.45) is 0 Å². The van der Waals surface area contributed by atoms with Gasteiger partial charge in [0, 0.05) is 37.3 Å². The molecule has 0 N–H and O–H groups in total. The smallest absolute Gasteiger partial charge is 0.122 e. The third-order valence-electron chi connectivity index (χ3n) is 5.30. The molecule has 1 aliphatic heterocycles. The molecule has 23 heavy (non-hydrogen) atoms. The third kappa shape index (κ3) is 5.02. The highest BCUT2D eigenvalue weighted by Gasteiger charge is 2.42. The molecule has 0 aliphatic carbocycles. The lowest BCUT2D eigenvalue weighted by atomic mass is 10.1. The maximum atomic E-state index is 2.74. The minimum Gasteiger partial charge on any atom is -0.303 e. The van der Waals surface area contributed by atoms with Gasteiger partial charge >= 0.3 is 0 Å². The molecule has 1 saturated heterocycles. The van der Waals surface area contributed by atoms with Gasteiger partial charge in [-0.25, -0.2) is 0 Å². The molecule has 4 nitrogen and oxygen atoms in total. The highest BCUT2D eigenvalue weighted by molar-refractivity contribution is 6.73. The molecule has 1 fully saturated rings. The number of likely N-dealkylation sites (N-methyl/N-ethyl adjacent to an activating group) is 1. The van der Waals surface area contributed by atoms with E-state index >= 15 is 0 Å². The van der Waals surface area contributed by atoms with Crippen molar-refractivity contribution in [2.75, 3.05) is 27.2 Å². The molecule has 0 saturated carbocycles. The zero-order valence-corrected chi connectivity index (χ0v) is 18.6. The first-order valence-electron chi connectivity index (χ1n) is 9.34. The molecule has 138 valence electrons. The fraction of sp³-hybridized carbons (Fsp3) is 1.00. The van der Waals surface area contributed by atoms with Gasteiger partial charge in [-0.3, -0.25) is 9.80 Å². The first-order valence-corrected chi connectivity index (χ1v) is 12.8. The van der Waals surface area contributed by atoms with Crippen molar-refractivity contribution >= 4 is 8.24 Å². The summed E-state index contributed by atoms with van der Waals surface area (Å²) in [5.41, 5.74) is 0. The molecule has 0 spiro atoms. The van der Waals surface area contributed by atoms with E-state index in [0.29, 0.717) is 30.5 Å². The highest BCUT2D eigenvalue weighted by Crippen LogP contribution is 2.27. The zero-order valence-electron chi connectivity index (χ0n) is 17.6. The molecule has 0 aromatic rings. The van der Waals surface area contributed by atoms with Gasteiger partial charge < -0.3 is 9.47 Å². The number of rotatable bonds is 4. The summed E-state index contributed by atoms with van der Waals surface area (Å²) in [5, 5.41) is 0. The molecule has 2 atom stereocenters. The van der Waals surface area contributed by atoms with Gasteiger partial charge in [0.25, 0.3) is 0 Å². The van der Waals surface area contributed by atoms with Crippen molar-refractivity contribution < 1.29 is 0 Å². The first-order chi connectivity index (χ1) is 10.4. The molecule has 5 heteroatoms. The average Bonchev–Trinajstić information content (AvgIpc) is 2.32. The van der Waals surface area contributed by atoms with E-state index < -0.39 is 8.24 Å². The van der Waals surface area contributed by atoms with Crippen LogP contribution < -0.4 is 0 Å². The average molecular weight is 343 g/mol. The molecule has 1 aliphatic rings. The van der Waals surface area contributed by atoms with Gasteiger partial charge in [-0.05, 0) is 55.6 Å². The van der Waals surface area contributed by atoms with Crippen LogP contribution in [-0.2, 0) is 0 Å². The molecular formula is C18H42N4Si. The van der Waals surface area contributed by atoms with Crippen LogP contribution >= 0.6 is 0 Å². The van der Waals surface area contributed by atoms with Gasteiger partial charge in [-0.15, -0.1) is 0 Å². The second-order valence-electron chi connectivity index (χ2n) is 9.13. The quantitative estimate of drug-likeness (QED) is 0.727. The molecule has 0 radical (unpaired) electrons. The lowest BCUT2D eigenvalue weighted by Gasteiger charge is -2.56. The molecule has 0 aromatic carbocycles. The maximum Gasteiger partial charge on any atom is 0.122 e. The Labute approximate surface area is 146 Å². The van der Waals surface area contributed by atoms with Gasteiger partial charge in [0.15, 0.2) is 0 Å². The third-order valence-corrected chi connectivity index (χ3v) is 7.65. The van der Waals surface area contributed by atoms with Crippen LogP contribution in [0.25, 0.3) is 0 Å². The summed E-state index contributed by atoms with van der Waals surface area (Å²) in [6.07, 6.45) is 0.389. The van der Waals surface area contributed by atoms with Crippen molar-refractivity contribution in [1.82, 2.24) is 19.3 Å². The maximum absolute atomic E-state index is 2.74. The van der Waals surface area contributed by atoms with Crippen LogP contribution in [0.3, 0.4) is 0 Å². The van der Waals surface area contributed by atoms with E-state index in [9.17, 15) is 0 Å². The van der Waals surface area contributed by atoms with Gasteiger partial charge in [0.05, 0.1) is 0 Å². The molecule has 2 unspecified atom stereocenters. The van der Waals surface area contributed by atoms with Gasteiger partial charge in [0.1, 0.15) is 14.5 Å². The molecule has 1 rings (SSSR count). The first kappa shape index (κ1) is 21.1. The molecule has 0 aromatic heterocycles. The lowest BCUT2D eigenvalue weighted by molar-refractivity contribution is -0.116. The van der Waals surface area contributed by atoms with Crippen LogP contribution in [0.5, 0.6) is 0 Å². The second kappa shape index (κ2) is 7.96. The molecule has 0 bridgehead atoms. The van der Waals surface area contributed by atoms with E-state index in [-0.39, 0.29) is 0 Å². The Morgan fingerprint density at radius 1 is 0.870 bits per heavy atom. The topological polar surface area (TPSA) is 13.0 Å². The molecule has 1 heterocycles. The summed E-state index contributed by atoms with van der Waals surface area (Å²) in [7, 11) is 3.22. The molecule has 0 amide bonds. The molecular weight excluding hydrogens is 300 g/mol. The highest BCUT2D eigenvalue weighted by atomic mass is 28.3. The van der Waals surface area contributed by atoms with Crippen molar-refractivity contribution in [3.05, 3.63) is 0 Å². The van der Waals surface area contributed by atoms with E-state index in [1.807, 2.05) is 0 Å². The number of hydrogen-bond acceptors (Lipinski definition) is 4. The van der Waals surface area contributed by atoms with Gasteiger partial charge in [0.2, 0.25) is 0 Å². The van der Waals surface area contributed by atoms with Gasteiger partial charge in [-0.2, -0.15) is 0 Å².